The third kappa shape index (κ3) is 6.63. The minimum Gasteiger partial charge on any atom is -0.474 e. The number of amides is 1. The van der Waals surface area contributed by atoms with E-state index in [9.17, 15) is 27.9 Å². The monoisotopic (exact) mass is 497 g/mol. The number of halogens is 5. The Labute approximate surface area is 196 Å². The van der Waals surface area contributed by atoms with Crippen molar-refractivity contribution >= 4 is 35.1 Å². The summed E-state index contributed by atoms with van der Waals surface area (Å²) in [4.78, 5) is 24.7. The summed E-state index contributed by atoms with van der Waals surface area (Å²) < 4.78 is 40.8. The fraction of sp³-hybridized carbons (Fsp3) is 0.130. The first-order chi connectivity index (χ1) is 15.5. The molecule has 5 nitrogen and oxygen atoms in total. The van der Waals surface area contributed by atoms with Crippen molar-refractivity contribution in [3.8, 4) is 16.9 Å². The van der Waals surface area contributed by atoms with Gasteiger partial charge in [0.2, 0.25) is 0 Å². The highest BCUT2D eigenvalue weighted by Gasteiger charge is 2.31. The van der Waals surface area contributed by atoms with Gasteiger partial charge in [-0.05, 0) is 41.0 Å². The molecule has 0 aliphatic rings. The molecule has 0 unspecified atom stereocenters. The molecule has 0 saturated carbocycles. The van der Waals surface area contributed by atoms with Crippen molar-refractivity contribution in [2.75, 3.05) is 0 Å². The van der Waals surface area contributed by atoms with Gasteiger partial charge in [0.25, 0.3) is 0 Å². The highest BCUT2D eigenvalue weighted by molar-refractivity contribution is 6.36. The lowest BCUT2D eigenvalue weighted by Gasteiger charge is -2.22. The first-order valence-electron chi connectivity index (χ1n) is 9.43. The summed E-state index contributed by atoms with van der Waals surface area (Å²) in [7, 11) is 0. The summed E-state index contributed by atoms with van der Waals surface area (Å²) in [6.07, 6.45) is -4.77. The molecule has 0 radical (unpaired) electrons. The van der Waals surface area contributed by atoms with Gasteiger partial charge in [-0.3, -0.25) is 4.79 Å². The normalized spacial score (nSPS) is 11.2. The molecule has 0 fully saturated rings. The number of carboxylic acid groups (broad SMARTS) is 1. The number of hydrogen-bond donors (Lipinski definition) is 1. The fourth-order valence-corrected chi connectivity index (χ4v) is 3.60. The molecule has 0 spiro atoms. The highest BCUT2D eigenvalue weighted by atomic mass is 35.5. The molecule has 0 heterocycles. The molecule has 1 amide bonds. The molecule has 0 aliphatic carbocycles. The quantitative estimate of drug-likeness (QED) is 0.413. The zero-order valence-corrected chi connectivity index (χ0v) is 18.3. The summed E-state index contributed by atoms with van der Waals surface area (Å²) in [5.74, 6) is -3.06. The lowest BCUT2D eigenvalue weighted by Crippen LogP contribution is -2.35. The van der Waals surface area contributed by atoms with E-state index in [1.54, 1.807) is 42.5 Å². The van der Waals surface area contributed by atoms with Crippen molar-refractivity contribution in [2.24, 2.45) is 0 Å². The van der Waals surface area contributed by atoms with E-state index in [2.05, 4.69) is 4.74 Å². The van der Waals surface area contributed by atoms with Crippen LogP contribution in [0.2, 0.25) is 10.0 Å². The number of carbonyl (C=O) groups excluding carboxylic acids is 1. The Balaban J connectivity index is 1.78. The molecule has 33 heavy (non-hydrogen) atoms. The second-order valence-corrected chi connectivity index (χ2v) is 7.75. The SMILES string of the molecule is O=C(O)C(=O)N(Cc1ccc(-c2ccc(OC(F)(F)F)cc2)cc1)Cc1c(Cl)cccc1Cl. The average Bonchev–Trinajstić information content (AvgIpc) is 2.75. The van der Waals surface area contributed by atoms with Crippen molar-refractivity contribution in [3.63, 3.8) is 0 Å². The topological polar surface area (TPSA) is 66.8 Å². The Morgan fingerprint density at radius 1 is 0.848 bits per heavy atom. The molecule has 10 heteroatoms. The Hall–Kier alpha value is -3.23. The highest BCUT2D eigenvalue weighted by Crippen LogP contribution is 2.28. The number of carbonyl (C=O) groups is 2. The van der Waals surface area contributed by atoms with E-state index in [0.29, 0.717) is 32.3 Å². The Morgan fingerprint density at radius 2 is 1.36 bits per heavy atom. The lowest BCUT2D eigenvalue weighted by atomic mass is 10.0. The van der Waals surface area contributed by atoms with E-state index in [-0.39, 0.29) is 18.8 Å². The number of hydrogen-bond acceptors (Lipinski definition) is 3. The number of aliphatic carboxylic acids is 1. The van der Waals surface area contributed by atoms with Crippen LogP contribution in [0.1, 0.15) is 11.1 Å². The van der Waals surface area contributed by atoms with Gasteiger partial charge < -0.3 is 14.7 Å². The lowest BCUT2D eigenvalue weighted by molar-refractivity contribution is -0.274. The van der Waals surface area contributed by atoms with Crippen LogP contribution >= 0.6 is 23.2 Å². The summed E-state index contributed by atoms with van der Waals surface area (Å²) in [5, 5.41) is 9.80. The minimum absolute atomic E-state index is 0.0225. The van der Waals surface area contributed by atoms with Crippen LogP contribution in [-0.4, -0.2) is 28.2 Å². The molecule has 3 rings (SSSR count). The minimum atomic E-state index is -4.77. The van der Waals surface area contributed by atoms with Crippen LogP contribution in [0.15, 0.2) is 66.7 Å². The van der Waals surface area contributed by atoms with Crippen LogP contribution in [-0.2, 0) is 22.7 Å². The van der Waals surface area contributed by atoms with Gasteiger partial charge in [-0.25, -0.2) is 4.79 Å². The van der Waals surface area contributed by atoms with E-state index in [1.807, 2.05) is 0 Å². The molecule has 3 aromatic carbocycles. The zero-order chi connectivity index (χ0) is 24.2. The molecule has 3 aromatic rings. The van der Waals surface area contributed by atoms with Crippen molar-refractivity contribution < 1.29 is 32.6 Å². The van der Waals surface area contributed by atoms with Gasteiger partial charge in [-0.15, -0.1) is 13.2 Å². The van der Waals surface area contributed by atoms with Gasteiger partial charge in [-0.1, -0.05) is 65.7 Å². The van der Waals surface area contributed by atoms with Crippen LogP contribution in [0.5, 0.6) is 5.75 Å². The summed E-state index contributed by atoms with van der Waals surface area (Å²) in [5.41, 5.74) is 2.42. The Morgan fingerprint density at radius 3 is 1.85 bits per heavy atom. The molecule has 0 atom stereocenters. The van der Waals surface area contributed by atoms with Gasteiger partial charge in [0.05, 0.1) is 0 Å². The third-order valence-electron chi connectivity index (χ3n) is 4.63. The van der Waals surface area contributed by atoms with Crippen LogP contribution in [0, 0.1) is 0 Å². The largest absolute Gasteiger partial charge is 0.573 e. The number of ether oxygens (including phenoxy) is 1. The second-order valence-electron chi connectivity index (χ2n) is 6.94. The molecule has 0 bridgehead atoms. The Bertz CT molecular complexity index is 1130. The van der Waals surface area contributed by atoms with E-state index in [0.717, 1.165) is 4.90 Å². The summed E-state index contributed by atoms with van der Waals surface area (Å²) in [6.45, 7) is -0.128. The molecule has 0 aliphatic heterocycles. The van der Waals surface area contributed by atoms with E-state index < -0.39 is 18.2 Å². The first-order valence-corrected chi connectivity index (χ1v) is 10.2. The van der Waals surface area contributed by atoms with Crippen molar-refractivity contribution in [1.82, 2.24) is 4.90 Å². The van der Waals surface area contributed by atoms with Gasteiger partial charge in [0, 0.05) is 28.7 Å². The summed E-state index contributed by atoms with van der Waals surface area (Å²) in [6, 6.07) is 17.0. The molecule has 172 valence electrons. The Kier molecular flexibility index (Phi) is 7.50. The maximum atomic E-state index is 12.3. The summed E-state index contributed by atoms with van der Waals surface area (Å²) >= 11 is 12.3. The fourth-order valence-electron chi connectivity index (χ4n) is 3.08. The number of nitrogens with zero attached hydrogens (tertiary/aromatic N) is 1. The molecular formula is C23H16Cl2F3NO4. The molecule has 0 saturated heterocycles. The van der Waals surface area contributed by atoms with E-state index >= 15 is 0 Å². The van der Waals surface area contributed by atoms with Gasteiger partial charge in [0.15, 0.2) is 0 Å². The van der Waals surface area contributed by atoms with Crippen LogP contribution in [0.3, 0.4) is 0 Å². The second kappa shape index (κ2) is 10.1. The molecule has 0 aromatic heterocycles. The van der Waals surface area contributed by atoms with Crippen LogP contribution in [0.4, 0.5) is 13.2 Å². The predicted molar refractivity (Wildman–Crippen MR) is 117 cm³/mol. The van der Waals surface area contributed by atoms with E-state index in [1.165, 1.54) is 24.3 Å². The van der Waals surface area contributed by atoms with E-state index in [4.69, 9.17) is 23.2 Å². The molecular weight excluding hydrogens is 482 g/mol. The molecule has 1 N–H and O–H groups in total. The average molecular weight is 498 g/mol. The maximum Gasteiger partial charge on any atom is 0.573 e. The zero-order valence-electron chi connectivity index (χ0n) is 16.8. The maximum absolute atomic E-state index is 12.3. The predicted octanol–water partition coefficient (Wildman–Crippen LogP) is 6.17. The van der Waals surface area contributed by atoms with Crippen molar-refractivity contribution in [3.05, 3.63) is 87.9 Å². The van der Waals surface area contributed by atoms with Crippen LogP contribution < -0.4 is 4.74 Å². The van der Waals surface area contributed by atoms with Crippen molar-refractivity contribution in [2.45, 2.75) is 19.5 Å². The van der Waals surface area contributed by atoms with Crippen LogP contribution in [0.25, 0.3) is 11.1 Å². The number of rotatable bonds is 6. The number of carboxylic acids is 1. The van der Waals surface area contributed by atoms with Gasteiger partial charge in [-0.2, -0.15) is 0 Å². The first kappa shape index (κ1) is 24.4. The van der Waals surface area contributed by atoms with Gasteiger partial charge >= 0.3 is 18.2 Å². The third-order valence-corrected chi connectivity index (χ3v) is 5.34. The van der Waals surface area contributed by atoms with Crippen molar-refractivity contribution in [1.29, 1.82) is 0 Å². The number of benzene rings is 3. The number of alkyl halides is 3. The van der Waals surface area contributed by atoms with Gasteiger partial charge in [0.1, 0.15) is 5.75 Å². The smallest absolute Gasteiger partial charge is 0.474 e. The standard InChI is InChI=1S/C23H16Cl2F3NO4/c24-19-2-1-3-20(25)18(19)13-29(21(30)22(31)32)12-14-4-6-15(7-5-14)16-8-10-17(11-9-16)33-23(26,27)28/h1-11H,12-13H2,(H,31,32).